The first-order chi connectivity index (χ1) is 5.79. The van der Waals surface area contributed by atoms with Crippen molar-refractivity contribution < 1.29 is 4.79 Å². The number of carbonyl (C=O) groups is 1. The van der Waals surface area contributed by atoms with Gasteiger partial charge in [-0.1, -0.05) is 18.2 Å². The van der Waals surface area contributed by atoms with Crippen LogP contribution in [0.15, 0.2) is 30.6 Å². The van der Waals surface area contributed by atoms with Crippen LogP contribution in [-0.2, 0) is 4.79 Å². The summed E-state index contributed by atoms with van der Waals surface area (Å²) < 4.78 is 0. The SMILES string of the molecule is NC(=O)CC=Cc1cccnc1. The first-order valence-corrected chi connectivity index (χ1v) is 3.64. The van der Waals surface area contributed by atoms with Gasteiger partial charge >= 0.3 is 0 Å². The van der Waals surface area contributed by atoms with E-state index in [1.54, 1.807) is 18.5 Å². The number of hydrogen-bond donors (Lipinski definition) is 1. The largest absolute Gasteiger partial charge is 0.369 e. The van der Waals surface area contributed by atoms with E-state index in [0.29, 0.717) is 0 Å². The molecule has 1 heterocycles. The fraction of sp³-hybridized carbons (Fsp3) is 0.111. The molecule has 0 saturated carbocycles. The quantitative estimate of drug-likeness (QED) is 0.720. The number of carbonyl (C=O) groups excluding carboxylic acids is 1. The zero-order valence-corrected chi connectivity index (χ0v) is 6.60. The lowest BCUT2D eigenvalue weighted by atomic mass is 10.2. The molecule has 0 aliphatic rings. The molecule has 0 aliphatic carbocycles. The Balaban J connectivity index is 2.52. The second kappa shape index (κ2) is 4.28. The van der Waals surface area contributed by atoms with E-state index in [1.165, 1.54) is 0 Å². The summed E-state index contributed by atoms with van der Waals surface area (Å²) in [7, 11) is 0. The van der Waals surface area contributed by atoms with E-state index in [4.69, 9.17) is 5.73 Å². The summed E-state index contributed by atoms with van der Waals surface area (Å²) in [4.78, 5) is 14.3. The van der Waals surface area contributed by atoms with Crippen LogP contribution < -0.4 is 5.73 Å². The Morgan fingerprint density at radius 2 is 2.50 bits per heavy atom. The Bertz CT molecular complexity index is 280. The van der Waals surface area contributed by atoms with E-state index in [2.05, 4.69) is 4.98 Å². The minimum atomic E-state index is -0.324. The highest BCUT2D eigenvalue weighted by atomic mass is 16.1. The van der Waals surface area contributed by atoms with Gasteiger partial charge < -0.3 is 5.73 Å². The second-order valence-electron chi connectivity index (χ2n) is 2.36. The van der Waals surface area contributed by atoms with Crippen LogP contribution in [0.3, 0.4) is 0 Å². The number of amides is 1. The summed E-state index contributed by atoms with van der Waals surface area (Å²) in [5, 5.41) is 0. The van der Waals surface area contributed by atoms with E-state index in [9.17, 15) is 4.79 Å². The van der Waals surface area contributed by atoms with Crippen molar-refractivity contribution in [3.8, 4) is 0 Å². The molecule has 0 bridgehead atoms. The van der Waals surface area contributed by atoms with E-state index in [-0.39, 0.29) is 12.3 Å². The minimum Gasteiger partial charge on any atom is -0.369 e. The highest BCUT2D eigenvalue weighted by Gasteiger charge is 1.87. The summed E-state index contributed by atoms with van der Waals surface area (Å²) in [6.45, 7) is 0. The van der Waals surface area contributed by atoms with Gasteiger partial charge in [-0.05, 0) is 11.6 Å². The highest BCUT2D eigenvalue weighted by molar-refractivity contribution is 5.76. The van der Waals surface area contributed by atoms with E-state index >= 15 is 0 Å². The number of pyridine rings is 1. The molecule has 1 aromatic rings. The molecular weight excluding hydrogens is 152 g/mol. The number of aromatic nitrogens is 1. The highest BCUT2D eigenvalue weighted by Crippen LogP contribution is 1.98. The zero-order chi connectivity index (χ0) is 8.81. The predicted octanol–water partition coefficient (Wildman–Crippen LogP) is 0.970. The van der Waals surface area contributed by atoms with Gasteiger partial charge in [-0.25, -0.2) is 0 Å². The average Bonchev–Trinajstić information content (AvgIpc) is 2.05. The molecule has 12 heavy (non-hydrogen) atoms. The average molecular weight is 162 g/mol. The lowest BCUT2D eigenvalue weighted by molar-refractivity contribution is -0.117. The third kappa shape index (κ3) is 2.96. The molecule has 1 amide bonds. The normalized spacial score (nSPS) is 10.3. The molecule has 0 unspecified atom stereocenters. The second-order valence-corrected chi connectivity index (χ2v) is 2.36. The van der Waals surface area contributed by atoms with Gasteiger partial charge in [-0.2, -0.15) is 0 Å². The van der Waals surface area contributed by atoms with Crippen molar-refractivity contribution >= 4 is 12.0 Å². The molecule has 0 radical (unpaired) electrons. The van der Waals surface area contributed by atoms with Crippen molar-refractivity contribution in [2.45, 2.75) is 6.42 Å². The number of hydrogen-bond acceptors (Lipinski definition) is 2. The number of primary amides is 1. The summed E-state index contributed by atoms with van der Waals surface area (Å²) in [5.74, 6) is -0.324. The van der Waals surface area contributed by atoms with Gasteiger partial charge in [0.25, 0.3) is 0 Å². The molecule has 3 heteroatoms. The van der Waals surface area contributed by atoms with Crippen LogP contribution in [0, 0.1) is 0 Å². The van der Waals surface area contributed by atoms with Crippen molar-refractivity contribution in [2.75, 3.05) is 0 Å². The predicted molar refractivity (Wildman–Crippen MR) is 47.1 cm³/mol. The van der Waals surface area contributed by atoms with Crippen LogP contribution in [0.25, 0.3) is 6.08 Å². The van der Waals surface area contributed by atoms with Gasteiger partial charge in [0.05, 0.1) is 0 Å². The maximum atomic E-state index is 10.3. The molecule has 0 saturated heterocycles. The molecule has 62 valence electrons. The molecule has 0 atom stereocenters. The van der Waals surface area contributed by atoms with Gasteiger partial charge in [0.15, 0.2) is 0 Å². The Hall–Kier alpha value is -1.64. The van der Waals surface area contributed by atoms with Gasteiger partial charge in [0, 0.05) is 18.8 Å². The summed E-state index contributed by atoms with van der Waals surface area (Å²) >= 11 is 0. The van der Waals surface area contributed by atoms with Crippen molar-refractivity contribution in [2.24, 2.45) is 5.73 Å². The fourth-order valence-corrected chi connectivity index (χ4v) is 0.786. The minimum absolute atomic E-state index is 0.273. The third-order valence-electron chi connectivity index (χ3n) is 1.31. The monoisotopic (exact) mass is 162 g/mol. The van der Waals surface area contributed by atoms with Gasteiger partial charge in [0.1, 0.15) is 0 Å². The lowest BCUT2D eigenvalue weighted by Crippen LogP contribution is -2.07. The van der Waals surface area contributed by atoms with Crippen molar-refractivity contribution in [3.63, 3.8) is 0 Å². The Kier molecular flexibility index (Phi) is 3.02. The van der Waals surface area contributed by atoms with E-state index in [0.717, 1.165) is 5.56 Å². The van der Waals surface area contributed by atoms with Gasteiger partial charge in [-0.3, -0.25) is 9.78 Å². The summed E-state index contributed by atoms with van der Waals surface area (Å²) in [6.07, 6.45) is 7.23. The number of rotatable bonds is 3. The molecule has 3 nitrogen and oxygen atoms in total. The molecule has 1 aromatic heterocycles. The molecule has 2 N–H and O–H groups in total. The molecular formula is C9H10N2O. The standard InChI is InChI=1S/C9H10N2O/c10-9(12)5-1-3-8-4-2-6-11-7-8/h1-4,6-7H,5H2,(H2,10,12). The van der Waals surface area contributed by atoms with Crippen LogP contribution in [0.4, 0.5) is 0 Å². The Labute approximate surface area is 70.9 Å². The van der Waals surface area contributed by atoms with Gasteiger partial charge in [0.2, 0.25) is 5.91 Å². The van der Waals surface area contributed by atoms with E-state index < -0.39 is 0 Å². The lowest BCUT2D eigenvalue weighted by Gasteiger charge is -1.89. The summed E-state index contributed by atoms with van der Waals surface area (Å²) in [5.41, 5.74) is 5.92. The molecule has 1 rings (SSSR count). The molecule has 0 fully saturated rings. The maximum absolute atomic E-state index is 10.3. The van der Waals surface area contributed by atoms with Crippen LogP contribution in [0.2, 0.25) is 0 Å². The third-order valence-corrected chi connectivity index (χ3v) is 1.31. The van der Waals surface area contributed by atoms with Crippen LogP contribution in [-0.4, -0.2) is 10.9 Å². The van der Waals surface area contributed by atoms with Crippen molar-refractivity contribution in [1.82, 2.24) is 4.98 Å². The van der Waals surface area contributed by atoms with Crippen LogP contribution in [0.1, 0.15) is 12.0 Å². The van der Waals surface area contributed by atoms with Crippen LogP contribution in [0.5, 0.6) is 0 Å². The molecule has 0 aromatic carbocycles. The first-order valence-electron chi connectivity index (χ1n) is 3.64. The maximum Gasteiger partial charge on any atom is 0.221 e. The van der Waals surface area contributed by atoms with E-state index in [1.807, 2.05) is 18.2 Å². The topological polar surface area (TPSA) is 56.0 Å². The molecule has 0 aliphatic heterocycles. The van der Waals surface area contributed by atoms with Crippen molar-refractivity contribution in [1.29, 1.82) is 0 Å². The zero-order valence-electron chi connectivity index (χ0n) is 6.60. The van der Waals surface area contributed by atoms with Gasteiger partial charge in [-0.15, -0.1) is 0 Å². The first kappa shape index (κ1) is 8.46. The number of nitrogens with two attached hydrogens (primary N) is 1. The Morgan fingerprint density at radius 3 is 3.08 bits per heavy atom. The molecule has 0 spiro atoms. The smallest absolute Gasteiger partial charge is 0.221 e. The van der Waals surface area contributed by atoms with Crippen molar-refractivity contribution in [3.05, 3.63) is 36.2 Å². The fourth-order valence-electron chi connectivity index (χ4n) is 0.786. The Morgan fingerprint density at radius 1 is 1.67 bits per heavy atom. The summed E-state index contributed by atoms with van der Waals surface area (Å²) in [6, 6.07) is 3.74. The number of nitrogens with zero attached hydrogens (tertiary/aromatic N) is 1. The van der Waals surface area contributed by atoms with Crippen LogP contribution >= 0.6 is 0 Å².